The minimum atomic E-state index is -0.118. The Labute approximate surface area is 135 Å². The number of piperidine rings is 1. The van der Waals surface area contributed by atoms with E-state index in [1.807, 2.05) is 0 Å². The third kappa shape index (κ3) is 5.86. The van der Waals surface area contributed by atoms with Crippen molar-refractivity contribution in [1.29, 1.82) is 0 Å². The van der Waals surface area contributed by atoms with E-state index >= 15 is 0 Å². The summed E-state index contributed by atoms with van der Waals surface area (Å²) in [5.74, 6) is 0.748. The van der Waals surface area contributed by atoms with Crippen LogP contribution < -0.4 is 0 Å². The number of ether oxygens (including phenoxy) is 1. The first-order valence-electron chi connectivity index (χ1n) is 8.95. The van der Waals surface area contributed by atoms with Gasteiger partial charge < -0.3 is 14.5 Å². The first-order valence-corrected chi connectivity index (χ1v) is 8.95. The normalized spacial score (nSPS) is 22.8. The molecule has 0 aliphatic carbocycles. The van der Waals surface area contributed by atoms with Crippen molar-refractivity contribution >= 4 is 5.97 Å². The minimum absolute atomic E-state index is 0.118. The number of hydrogen-bond donors (Lipinski definition) is 0. The van der Waals surface area contributed by atoms with Gasteiger partial charge in [-0.05, 0) is 44.8 Å². The van der Waals surface area contributed by atoms with E-state index in [1.54, 1.807) is 0 Å². The van der Waals surface area contributed by atoms with Crippen molar-refractivity contribution in [2.75, 3.05) is 66.0 Å². The van der Waals surface area contributed by atoms with Gasteiger partial charge >= 0.3 is 5.97 Å². The summed E-state index contributed by atoms with van der Waals surface area (Å²) in [6.45, 7) is 12.0. The maximum absolute atomic E-state index is 11.3. The van der Waals surface area contributed by atoms with E-state index in [9.17, 15) is 4.79 Å². The summed E-state index contributed by atoms with van der Waals surface area (Å²) >= 11 is 0. The molecule has 2 saturated heterocycles. The second kappa shape index (κ2) is 9.48. The lowest BCUT2D eigenvalue weighted by atomic mass is 9.95. The second-order valence-corrected chi connectivity index (χ2v) is 6.79. The van der Waals surface area contributed by atoms with Crippen molar-refractivity contribution < 1.29 is 9.53 Å². The number of esters is 1. The quantitative estimate of drug-likeness (QED) is 0.662. The maximum atomic E-state index is 11.3. The van der Waals surface area contributed by atoms with Crippen LogP contribution in [0.1, 0.15) is 32.6 Å². The van der Waals surface area contributed by atoms with Crippen LogP contribution in [0.15, 0.2) is 0 Å². The predicted molar refractivity (Wildman–Crippen MR) is 89.0 cm³/mol. The average molecular weight is 311 g/mol. The molecule has 0 saturated carbocycles. The van der Waals surface area contributed by atoms with E-state index in [2.05, 4.69) is 21.6 Å². The van der Waals surface area contributed by atoms with Gasteiger partial charge in [-0.15, -0.1) is 0 Å². The molecule has 0 aromatic heterocycles. The standard InChI is InChI=1S/C17H33N3O2/c1-3-4-7-18-8-5-16(6-9-18)14-19-10-12-20(13-11-19)15-17(21)22-2/h16H,3-15H2,1-2H3. The van der Waals surface area contributed by atoms with Crippen LogP contribution in [-0.2, 0) is 9.53 Å². The number of nitrogens with zero attached hydrogens (tertiary/aromatic N) is 3. The molecule has 0 spiro atoms. The van der Waals surface area contributed by atoms with Crippen LogP contribution in [-0.4, -0.2) is 86.7 Å². The summed E-state index contributed by atoms with van der Waals surface area (Å²) in [6.07, 6.45) is 5.35. The highest BCUT2D eigenvalue weighted by Crippen LogP contribution is 2.19. The summed E-state index contributed by atoms with van der Waals surface area (Å²) in [5.41, 5.74) is 0. The van der Waals surface area contributed by atoms with Gasteiger partial charge in [-0.3, -0.25) is 9.69 Å². The number of rotatable bonds is 7. The maximum Gasteiger partial charge on any atom is 0.319 e. The summed E-state index contributed by atoms with van der Waals surface area (Å²) in [6, 6.07) is 0. The van der Waals surface area contributed by atoms with Gasteiger partial charge in [0.1, 0.15) is 0 Å². The Morgan fingerprint density at radius 1 is 1.00 bits per heavy atom. The van der Waals surface area contributed by atoms with E-state index in [1.165, 1.54) is 59.0 Å². The summed E-state index contributed by atoms with van der Waals surface area (Å²) in [7, 11) is 1.46. The van der Waals surface area contributed by atoms with Crippen LogP contribution >= 0.6 is 0 Å². The Morgan fingerprint density at radius 2 is 1.64 bits per heavy atom. The molecule has 2 heterocycles. The second-order valence-electron chi connectivity index (χ2n) is 6.79. The van der Waals surface area contributed by atoms with Crippen molar-refractivity contribution in [3.63, 3.8) is 0 Å². The number of hydrogen-bond acceptors (Lipinski definition) is 5. The van der Waals surface area contributed by atoms with Gasteiger partial charge in [-0.25, -0.2) is 0 Å². The van der Waals surface area contributed by atoms with Gasteiger partial charge in [-0.2, -0.15) is 0 Å². The fraction of sp³-hybridized carbons (Fsp3) is 0.941. The zero-order chi connectivity index (χ0) is 15.8. The molecule has 2 rings (SSSR count). The molecular formula is C17H33N3O2. The first kappa shape index (κ1) is 17.7. The van der Waals surface area contributed by atoms with Crippen molar-refractivity contribution in [1.82, 2.24) is 14.7 Å². The Kier molecular flexibility index (Phi) is 7.63. The largest absolute Gasteiger partial charge is 0.468 e. The smallest absolute Gasteiger partial charge is 0.319 e. The molecule has 2 fully saturated rings. The molecular weight excluding hydrogens is 278 g/mol. The molecule has 0 amide bonds. The molecule has 128 valence electrons. The number of piperazine rings is 1. The number of carbonyl (C=O) groups excluding carboxylic acids is 1. The monoisotopic (exact) mass is 311 g/mol. The lowest BCUT2D eigenvalue weighted by Gasteiger charge is -2.38. The molecule has 0 bridgehead atoms. The molecule has 22 heavy (non-hydrogen) atoms. The average Bonchev–Trinajstić information content (AvgIpc) is 2.56. The third-order valence-electron chi connectivity index (χ3n) is 5.10. The number of likely N-dealkylation sites (tertiary alicyclic amines) is 1. The van der Waals surface area contributed by atoms with Crippen molar-refractivity contribution in [2.45, 2.75) is 32.6 Å². The fourth-order valence-corrected chi connectivity index (χ4v) is 3.52. The van der Waals surface area contributed by atoms with Crippen molar-refractivity contribution in [3.8, 4) is 0 Å². The van der Waals surface area contributed by atoms with Crippen molar-refractivity contribution in [3.05, 3.63) is 0 Å². The minimum Gasteiger partial charge on any atom is -0.468 e. The summed E-state index contributed by atoms with van der Waals surface area (Å²) in [4.78, 5) is 18.7. The highest BCUT2D eigenvalue weighted by molar-refractivity contribution is 5.71. The van der Waals surface area contributed by atoms with Gasteiger partial charge in [0.25, 0.3) is 0 Å². The molecule has 0 unspecified atom stereocenters. The summed E-state index contributed by atoms with van der Waals surface area (Å²) < 4.78 is 4.74. The zero-order valence-corrected chi connectivity index (χ0v) is 14.4. The number of unbranched alkanes of at least 4 members (excludes halogenated alkanes) is 1. The Hall–Kier alpha value is -0.650. The Balaban J connectivity index is 1.60. The molecule has 0 N–H and O–H groups in total. The fourth-order valence-electron chi connectivity index (χ4n) is 3.52. The highest BCUT2D eigenvalue weighted by Gasteiger charge is 2.24. The van der Waals surface area contributed by atoms with E-state index in [0.717, 1.165) is 32.1 Å². The van der Waals surface area contributed by atoms with Gasteiger partial charge in [0.2, 0.25) is 0 Å². The lowest BCUT2D eigenvalue weighted by molar-refractivity contribution is -0.142. The van der Waals surface area contributed by atoms with Gasteiger partial charge in [0.15, 0.2) is 0 Å². The zero-order valence-electron chi connectivity index (χ0n) is 14.4. The topological polar surface area (TPSA) is 36.0 Å². The molecule has 5 nitrogen and oxygen atoms in total. The van der Waals surface area contributed by atoms with Crippen LogP contribution in [0.5, 0.6) is 0 Å². The number of carbonyl (C=O) groups is 1. The molecule has 0 aromatic carbocycles. The van der Waals surface area contributed by atoms with Crippen molar-refractivity contribution in [2.24, 2.45) is 5.92 Å². The van der Waals surface area contributed by atoms with Gasteiger partial charge in [-0.1, -0.05) is 13.3 Å². The van der Waals surface area contributed by atoms with E-state index in [4.69, 9.17) is 4.74 Å². The Bertz CT molecular complexity index is 322. The first-order chi connectivity index (χ1) is 10.7. The van der Waals surface area contributed by atoms with Gasteiger partial charge in [0.05, 0.1) is 13.7 Å². The molecule has 0 radical (unpaired) electrons. The molecule has 5 heteroatoms. The molecule has 2 aliphatic heterocycles. The molecule has 2 aliphatic rings. The SMILES string of the molecule is CCCCN1CCC(CN2CCN(CC(=O)OC)CC2)CC1. The predicted octanol–water partition coefficient (Wildman–Crippen LogP) is 1.29. The van der Waals surface area contributed by atoms with Gasteiger partial charge in [0, 0.05) is 32.7 Å². The van der Waals surface area contributed by atoms with E-state index in [0.29, 0.717) is 6.54 Å². The third-order valence-corrected chi connectivity index (χ3v) is 5.10. The molecule has 0 atom stereocenters. The van der Waals surface area contributed by atoms with Crippen LogP contribution in [0.3, 0.4) is 0 Å². The number of methoxy groups -OCH3 is 1. The summed E-state index contributed by atoms with van der Waals surface area (Å²) in [5, 5.41) is 0. The molecule has 0 aromatic rings. The van der Waals surface area contributed by atoms with Crippen LogP contribution in [0.4, 0.5) is 0 Å². The van der Waals surface area contributed by atoms with Crippen LogP contribution in [0.25, 0.3) is 0 Å². The highest BCUT2D eigenvalue weighted by atomic mass is 16.5. The lowest BCUT2D eigenvalue weighted by Crippen LogP contribution is -2.50. The van der Waals surface area contributed by atoms with Crippen LogP contribution in [0.2, 0.25) is 0 Å². The Morgan fingerprint density at radius 3 is 2.23 bits per heavy atom. The van der Waals surface area contributed by atoms with Crippen LogP contribution in [0, 0.1) is 5.92 Å². The van der Waals surface area contributed by atoms with E-state index < -0.39 is 0 Å². The van der Waals surface area contributed by atoms with E-state index in [-0.39, 0.29) is 5.97 Å².